The molecule has 3 atom stereocenters. The Hall–Kier alpha value is -2.17. The van der Waals surface area contributed by atoms with Gasteiger partial charge < -0.3 is 32.4 Å². The van der Waals surface area contributed by atoms with Gasteiger partial charge in [-0.05, 0) is 35.8 Å². The maximum absolute atomic E-state index is 13.3. The Morgan fingerprint density at radius 1 is 1.15 bits per heavy atom. The fourth-order valence-corrected chi connectivity index (χ4v) is 3.70. The quantitative estimate of drug-likeness (QED) is 0.142. The zero-order valence-electron chi connectivity index (χ0n) is 20.4. The average Bonchev–Trinajstić information content (AvgIpc) is 2.81. The summed E-state index contributed by atoms with van der Waals surface area (Å²) in [6.07, 6.45) is 5.99. The fourth-order valence-electron chi connectivity index (χ4n) is 3.70. The van der Waals surface area contributed by atoms with Gasteiger partial charge in [0.15, 0.2) is 5.66 Å². The normalized spacial score (nSPS) is 16.1. The van der Waals surface area contributed by atoms with Gasteiger partial charge in [0, 0.05) is 31.3 Å². The van der Waals surface area contributed by atoms with Crippen LogP contribution in [0.5, 0.6) is 0 Å². The van der Waals surface area contributed by atoms with Crippen LogP contribution in [0.3, 0.4) is 0 Å². The monoisotopic (exact) mass is 479 g/mol. The van der Waals surface area contributed by atoms with E-state index in [9.17, 15) is 19.6 Å². The topological polar surface area (TPSA) is 148 Å². The minimum atomic E-state index is -1.75. The number of hydrogen-bond acceptors (Lipinski definition) is 6. The number of amides is 3. The van der Waals surface area contributed by atoms with Crippen molar-refractivity contribution in [2.75, 3.05) is 13.1 Å². The van der Waals surface area contributed by atoms with Gasteiger partial charge in [0.2, 0.25) is 11.8 Å². The third kappa shape index (κ3) is 8.88. The third-order valence-corrected chi connectivity index (χ3v) is 5.61. The molecule has 9 nitrogen and oxygen atoms in total. The van der Waals surface area contributed by atoms with Gasteiger partial charge in [0.25, 0.3) is 5.91 Å². The Labute approximate surface area is 223 Å². The van der Waals surface area contributed by atoms with E-state index in [1.54, 1.807) is 6.20 Å². The van der Waals surface area contributed by atoms with Crippen LogP contribution in [0.15, 0.2) is 54.3 Å². The standard InChI is InChI=1S/C24H34N5O4.Na/c1-16(2)13-20(17(3)21(30)29-33)22(31)28-24(25,14-18-7-5-4-6-8-18)23(32)27-15-19-9-11-26-12-10-19;/h4-11,16-17,20,26H,12-15,25H2,1-3H3,(H3-,27,28,29,30,31,32,33);/q-1;+1/t17?,20-,24+;/m1./s1. The largest absolute Gasteiger partial charge is 1.00 e. The molecule has 1 aromatic rings. The molecule has 1 aliphatic rings. The number of benzene rings is 1. The SMILES string of the molecule is CC(C)C[C@@H](C(=O)N[C@@](N)(Cc1ccccc1)C(=O)NCC1=CCNC=C1)C(C)C(=O)N[O-].[Na+]. The Balaban J connectivity index is 0.00000578. The molecule has 0 spiro atoms. The molecule has 0 saturated carbocycles. The number of dihydropyridines is 1. The average molecular weight is 480 g/mol. The van der Waals surface area contributed by atoms with Crippen LogP contribution in [0.2, 0.25) is 0 Å². The summed E-state index contributed by atoms with van der Waals surface area (Å²) in [5.41, 5.74) is 7.80. The maximum Gasteiger partial charge on any atom is 1.00 e. The summed E-state index contributed by atoms with van der Waals surface area (Å²) >= 11 is 0. The molecule has 0 fully saturated rings. The van der Waals surface area contributed by atoms with Gasteiger partial charge in [-0.25, -0.2) is 0 Å². The van der Waals surface area contributed by atoms with Crippen LogP contribution in [-0.4, -0.2) is 36.5 Å². The number of rotatable bonds is 11. The first-order chi connectivity index (χ1) is 15.7. The molecule has 0 bridgehead atoms. The number of hydrogen-bond donors (Lipinski definition) is 5. The molecular formula is C24H34N5NaO4. The van der Waals surface area contributed by atoms with E-state index in [0.717, 1.165) is 11.1 Å². The van der Waals surface area contributed by atoms with Crippen molar-refractivity contribution in [3.8, 4) is 0 Å². The van der Waals surface area contributed by atoms with Gasteiger partial charge in [-0.1, -0.05) is 57.2 Å². The maximum atomic E-state index is 13.3. The number of carbonyl (C=O) groups is 3. The van der Waals surface area contributed by atoms with Crippen LogP contribution >= 0.6 is 0 Å². The van der Waals surface area contributed by atoms with Crippen LogP contribution in [0.1, 0.15) is 32.8 Å². The van der Waals surface area contributed by atoms with Gasteiger partial charge in [0.1, 0.15) is 0 Å². The molecule has 6 N–H and O–H groups in total. The minimum Gasteiger partial charge on any atom is -0.759 e. The molecule has 0 aliphatic carbocycles. The molecule has 1 aromatic carbocycles. The summed E-state index contributed by atoms with van der Waals surface area (Å²) in [5.74, 6) is -3.49. The van der Waals surface area contributed by atoms with E-state index in [0.29, 0.717) is 13.0 Å². The summed E-state index contributed by atoms with van der Waals surface area (Å²) in [5, 5.41) is 19.5. The molecule has 180 valence electrons. The summed E-state index contributed by atoms with van der Waals surface area (Å²) < 4.78 is 0. The zero-order valence-corrected chi connectivity index (χ0v) is 22.4. The van der Waals surface area contributed by atoms with Crippen LogP contribution in [0.25, 0.3) is 0 Å². The van der Waals surface area contributed by atoms with Crippen molar-refractivity contribution >= 4 is 17.7 Å². The molecule has 34 heavy (non-hydrogen) atoms. The summed E-state index contributed by atoms with van der Waals surface area (Å²) in [4.78, 5) is 38.5. The summed E-state index contributed by atoms with van der Waals surface area (Å²) in [6, 6.07) is 9.12. The first-order valence-electron chi connectivity index (χ1n) is 11.1. The van der Waals surface area contributed by atoms with E-state index in [-0.39, 0.29) is 48.4 Å². The van der Waals surface area contributed by atoms with Crippen LogP contribution in [-0.2, 0) is 20.8 Å². The van der Waals surface area contributed by atoms with E-state index in [4.69, 9.17) is 5.73 Å². The molecule has 1 aliphatic heterocycles. The van der Waals surface area contributed by atoms with Crippen molar-refractivity contribution in [2.24, 2.45) is 23.5 Å². The first kappa shape index (κ1) is 29.9. The smallest absolute Gasteiger partial charge is 0.759 e. The molecule has 0 aromatic heterocycles. The Bertz CT molecular complexity index is 891. The number of hydroxylamine groups is 1. The van der Waals surface area contributed by atoms with Crippen LogP contribution < -0.4 is 56.7 Å². The van der Waals surface area contributed by atoms with Crippen molar-refractivity contribution in [1.82, 2.24) is 21.4 Å². The van der Waals surface area contributed by atoms with Gasteiger partial charge in [-0.15, -0.1) is 0 Å². The zero-order chi connectivity index (χ0) is 24.4. The molecule has 0 saturated heterocycles. The van der Waals surface area contributed by atoms with Crippen LogP contribution in [0, 0.1) is 23.0 Å². The van der Waals surface area contributed by atoms with Crippen molar-refractivity contribution in [1.29, 1.82) is 0 Å². The van der Waals surface area contributed by atoms with E-state index in [1.165, 1.54) is 12.4 Å². The van der Waals surface area contributed by atoms with Crippen LogP contribution in [0.4, 0.5) is 0 Å². The van der Waals surface area contributed by atoms with E-state index < -0.39 is 35.2 Å². The predicted octanol–water partition coefficient (Wildman–Crippen LogP) is -1.92. The molecule has 1 unspecified atom stereocenters. The van der Waals surface area contributed by atoms with E-state index >= 15 is 0 Å². The Morgan fingerprint density at radius 3 is 2.38 bits per heavy atom. The van der Waals surface area contributed by atoms with Gasteiger partial charge in [0.05, 0.1) is 0 Å². The number of nitrogens with two attached hydrogens (primary N) is 1. The second-order valence-electron chi connectivity index (χ2n) is 8.82. The molecular weight excluding hydrogens is 445 g/mol. The fraction of sp³-hybridized carbons (Fsp3) is 0.458. The minimum absolute atomic E-state index is 0. The first-order valence-corrected chi connectivity index (χ1v) is 11.1. The van der Waals surface area contributed by atoms with Crippen molar-refractivity contribution in [3.63, 3.8) is 0 Å². The second kappa shape index (κ2) is 14.3. The second-order valence-corrected chi connectivity index (χ2v) is 8.82. The summed E-state index contributed by atoms with van der Waals surface area (Å²) in [7, 11) is 0. The van der Waals surface area contributed by atoms with Crippen molar-refractivity contribution < 1.29 is 43.9 Å². The van der Waals surface area contributed by atoms with Crippen molar-refractivity contribution in [2.45, 2.75) is 39.3 Å². The van der Waals surface area contributed by atoms with E-state index in [1.807, 2.05) is 56.3 Å². The summed E-state index contributed by atoms with van der Waals surface area (Å²) in [6.45, 7) is 6.26. The number of nitrogens with one attached hydrogen (secondary N) is 4. The Kier molecular flexibility index (Phi) is 12.5. The molecule has 1 heterocycles. The molecule has 2 rings (SSSR count). The molecule has 3 amide bonds. The molecule has 10 heteroatoms. The van der Waals surface area contributed by atoms with Gasteiger partial charge in [-0.2, -0.15) is 0 Å². The predicted molar refractivity (Wildman–Crippen MR) is 127 cm³/mol. The molecule has 0 radical (unpaired) electrons. The van der Waals surface area contributed by atoms with Gasteiger partial charge >= 0.3 is 29.6 Å². The third-order valence-electron chi connectivity index (χ3n) is 5.61. The van der Waals surface area contributed by atoms with Crippen molar-refractivity contribution in [3.05, 3.63) is 65.0 Å². The van der Waals surface area contributed by atoms with E-state index in [2.05, 4.69) is 16.0 Å². The number of carbonyl (C=O) groups excluding carboxylic acids is 3. The Morgan fingerprint density at radius 2 is 1.82 bits per heavy atom. The van der Waals surface area contributed by atoms with Gasteiger partial charge in [-0.3, -0.25) is 14.4 Å².